The third-order valence-corrected chi connectivity index (χ3v) is 4.59. The largest absolute Gasteiger partial charge is 0.0933 e. The van der Waals surface area contributed by atoms with Crippen LogP contribution >= 0.6 is 23.4 Å². The van der Waals surface area contributed by atoms with Crippen molar-refractivity contribution in [3.05, 3.63) is 40.3 Å². The van der Waals surface area contributed by atoms with Crippen LogP contribution in [0, 0.1) is 11.8 Å². The summed E-state index contributed by atoms with van der Waals surface area (Å²) < 4.78 is 0. The van der Waals surface area contributed by atoms with Crippen LogP contribution in [-0.2, 0) is 0 Å². The molecule has 1 aromatic carbocycles. The monoisotopic (exact) mass is 252 g/mol. The normalized spacial score (nSPS) is 20.1. The Balaban J connectivity index is 1.96. The van der Waals surface area contributed by atoms with Crippen molar-refractivity contribution in [3.8, 4) is 0 Å². The fourth-order valence-corrected chi connectivity index (χ4v) is 3.47. The number of halogens is 1. The van der Waals surface area contributed by atoms with Crippen molar-refractivity contribution < 1.29 is 0 Å². The molecule has 0 spiro atoms. The van der Waals surface area contributed by atoms with E-state index in [0.717, 1.165) is 17.4 Å². The highest BCUT2D eigenvalue weighted by molar-refractivity contribution is 8.03. The standard InChI is InChI=1S/C14H17ClS/c1-10(2)8-11-9-13(14(11)15)16-12-6-4-3-5-7-12/h3-7,10-11H,8-9H2,1-2H3. The molecule has 1 aliphatic carbocycles. The Hall–Kier alpha value is -0.400. The quantitative estimate of drug-likeness (QED) is 0.701. The molecule has 0 saturated carbocycles. The van der Waals surface area contributed by atoms with Gasteiger partial charge in [-0.1, -0.05) is 55.4 Å². The van der Waals surface area contributed by atoms with Crippen molar-refractivity contribution in [2.24, 2.45) is 11.8 Å². The summed E-state index contributed by atoms with van der Waals surface area (Å²) in [7, 11) is 0. The zero-order chi connectivity index (χ0) is 11.5. The number of rotatable bonds is 4. The van der Waals surface area contributed by atoms with E-state index >= 15 is 0 Å². The second-order valence-corrected chi connectivity index (χ2v) is 6.29. The average Bonchev–Trinajstić information content (AvgIpc) is 2.28. The number of hydrogen-bond donors (Lipinski definition) is 0. The van der Waals surface area contributed by atoms with E-state index in [9.17, 15) is 0 Å². The Morgan fingerprint density at radius 1 is 1.31 bits per heavy atom. The van der Waals surface area contributed by atoms with Crippen LogP contribution in [0.15, 0.2) is 45.2 Å². The minimum atomic E-state index is 0.618. The summed E-state index contributed by atoms with van der Waals surface area (Å²) in [4.78, 5) is 2.65. The molecule has 1 aromatic rings. The lowest BCUT2D eigenvalue weighted by molar-refractivity contribution is 0.443. The minimum absolute atomic E-state index is 0.618. The van der Waals surface area contributed by atoms with Crippen LogP contribution in [0.25, 0.3) is 0 Å². The molecule has 2 heteroatoms. The molecule has 86 valence electrons. The summed E-state index contributed by atoms with van der Waals surface area (Å²) in [5.41, 5.74) is 0. The number of allylic oxidation sites excluding steroid dienone is 2. The molecule has 0 N–H and O–H groups in total. The van der Waals surface area contributed by atoms with Crippen molar-refractivity contribution >= 4 is 23.4 Å². The topological polar surface area (TPSA) is 0 Å². The summed E-state index contributed by atoms with van der Waals surface area (Å²) in [6.45, 7) is 4.51. The van der Waals surface area contributed by atoms with Gasteiger partial charge in [0.1, 0.15) is 0 Å². The van der Waals surface area contributed by atoms with E-state index in [1.807, 2.05) is 17.8 Å². The zero-order valence-electron chi connectivity index (χ0n) is 9.74. The van der Waals surface area contributed by atoms with Crippen molar-refractivity contribution in [2.75, 3.05) is 0 Å². The van der Waals surface area contributed by atoms with Gasteiger partial charge in [-0.2, -0.15) is 0 Å². The third-order valence-electron chi connectivity index (χ3n) is 2.80. The van der Waals surface area contributed by atoms with Crippen molar-refractivity contribution in [3.63, 3.8) is 0 Å². The maximum Gasteiger partial charge on any atom is 0.0314 e. The molecular formula is C14H17ClS. The first-order chi connectivity index (χ1) is 7.66. The SMILES string of the molecule is CC(C)CC1CC(Sc2ccccc2)=C1Cl. The van der Waals surface area contributed by atoms with Gasteiger partial charge in [-0.3, -0.25) is 0 Å². The summed E-state index contributed by atoms with van der Waals surface area (Å²) in [5, 5.41) is 1.10. The lowest BCUT2D eigenvalue weighted by atomic mass is 9.86. The molecule has 0 radical (unpaired) electrons. The molecule has 1 unspecified atom stereocenters. The summed E-state index contributed by atoms with van der Waals surface area (Å²) >= 11 is 8.15. The zero-order valence-corrected chi connectivity index (χ0v) is 11.3. The molecule has 0 bridgehead atoms. The molecule has 0 heterocycles. The van der Waals surface area contributed by atoms with Gasteiger partial charge in [-0.15, -0.1) is 0 Å². The van der Waals surface area contributed by atoms with Crippen LogP contribution in [0.3, 0.4) is 0 Å². The molecule has 0 aliphatic heterocycles. The van der Waals surface area contributed by atoms with Gasteiger partial charge in [0.25, 0.3) is 0 Å². The van der Waals surface area contributed by atoms with Crippen molar-refractivity contribution in [1.29, 1.82) is 0 Å². The molecule has 0 amide bonds. The van der Waals surface area contributed by atoms with Gasteiger partial charge in [-0.05, 0) is 30.9 Å². The van der Waals surface area contributed by atoms with Crippen LogP contribution in [0.1, 0.15) is 26.7 Å². The van der Waals surface area contributed by atoms with E-state index in [0.29, 0.717) is 5.92 Å². The molecule has 0 saturated heterocycles. The van der Waals surface area contributed by atoms with Gasteiger partial charge < -0.3 is 0 Å². The Kier molecular flexibility index (Phi) is 3.99. The number of thioether (sulfide) groups is 1. The van der Waals surface area contributed by atoms with E-state index in [1.165, 1.54) is 16.2 Å². The first-order valence-electron chi connectivity index (χ1n) is 5.78. The maximum atomic E-state index is 6.33. The fraction of sp³-hybridized carbons (Fsp3) is 0.429. The van der Waals surface area contributed by atoms with Gasteiger partial charge in [0.15, 0.2) is 0 Å². The molecule has 1 aliphatic rings. The fourth-order valence-electron chi connectivity index (χ4n) is 1.98. The molecule has 0 nitrogen and oxygen atoms in total. The van der Waals surface area contributed by atoms with Gasteiger partial charge >= 0.3 is 0 Å². The predicted molar refractivity (Wildman–Crippen MR) is 72.7 cm³/mol. The van der Waals surface area contributed by atoms with Crippen molar-refractivity contribution in [1.82, 2.24) is 0 Å². The Labute approximate surface area is 107 Å². The molecule has 1 atom stereocenters. The Morgan fingerprint density at radius 2 is 2.00 bits per heavy atom. The summed E-state index contributed by atoms with van der Waals surface area (Å²) in [5.74, 6) is 1.36. The van der Waals surface area contributed by atoms with Crippen LogP contribution in [-0.4, -0.2) is 0 Å². The van der Waals surface area contributed by atoms with Gasteiger partial charge in [0.05, 0.1) is 0 Å². The van der Waals surface area contributed by atoms with E-state index in [2.05, 4.69) is 38.1 Å². The smallest absolute Gasteiger partial charge is 0.0314 e. The molecule has 0 fully saturated rings. The van der Waals surface area contributed by atoms with Crippen molar-refractivity contribution in [2.45, 2.75) is 31.6 Å². The molecule has 16 heavy (non-hydrogen) atoms. The van der Waals surface area contributed by atoms with Crippen LogP contribution in [0.4, 0.5) is 0 Å². The van der Waals surface area contributed by atoms with Gasteiger partial charge in [0, 0.05) is 20.8 Å². The van der Waals surface area contributed by atoms with Gasteiger partial charge in [-0.25, -0.2) is 0 Å². The maximum absolute atomic E-state index is 6.33. The highest BCUT2D eigenvalue weighted by Gasteiger charge is 2.29. The third kappa shape index (κ3) is 2.83. The molecule has 2 rings (SSSR count). The second-order valence-electron chi connectivity index (χ2n) is 4.72. The Bertz CT molecular complexity index is 381. The lowest BCUT2D eigenvalue weighted by Crippen LogP contribution is -2.15. The molecular weight excluding hydrogens is 236 g/mol. The van der Waals surface area contributed by atoms with E-state index in [-0.39, 0.29) is 0 Å². The number of hydrogen-bond acceptors (Lipinski definition) is 1. The van der Waals surface area contributed by atoms with E-state index in [4.69, 9.17) is 11.6 Å². The minimum Gasteiger partial charge on any atom is -0.0933 e. The Morgan fingerprint density at radius 3 is 2.56 bits per heavy atom. The number of benzene rings is 1. The van der Waals surface area contributed by atoms with E-state index < -0.39 is 0 Å². The summed E-state index contributed by atoms with van der Waals surface area (Å²) in [6, 6.07) is 10.5. The van der Waals surface area contributed by atoms with Crippen LogP contribution < -0.4 is 0 Å². The second kappa shape index (κ2) is 5.29. The van der Waals surface area contributed by atoms with Crippen LogP contribution in [0.2, 0.25) is 0 Å². The highest BCUT2D eigenvalue weighted by Crippen LogP contribution is 2.48. The molecule has 0 aromatic heterocycles. The lowest BCUT2D eigenvalue weighted by Gasteiger charge is -2.30. The summed E-state index contributed by atoms with van der Waals surface area (Å²) in [6.07, 6.45) is 2.38. The first-order valence-corrected chi connectivity index (χ1v) is 6.97. The highest BCUT2D eigenvalue weighted by atomic mass is 35.5. The predicted octanol–water partition coefficient (Wildman–Crippen LogP) is 5.30. The van der Waals surface area contributed by atoms with Crippen LogP contribution in [0.5, 0.6) is 0 Å². The first kappa shape index (κ1) is 12.1. The van der Waals surface area contributed by atoms with Gasteiger partial charge in [0.2, 0.25) is 0 Å². The average molecular weight is 253 g/mol. The van der Waals surface area contributed by atoms with E-state index in [1.54, 1.807) is 0 Å².